The molecule has 0 radical (unpaired) electrons. The van der Waals surface area contributed by atoms with E-state index < -0.39 is 23.4 Å². The van der Waals surface area contributed by atoms with E-state index in [4.69, 9.17) is 32.7 Å². The number of aromatic nitrogens is 4. The number of carbonyl (C=O) groups is 1. The van der Waals surface area contributed by atoms with E-state index in [0.29, 0.717) is 4.68 Å². The number of nitrogens with one attached hydrogen (secondary N) is 2. The van der Waals surface area contributed by atoms with Gasteiger partial charge in [0.25, 0.3) is 17.9 Å². The average molecular weight is 528 g/mol. The maximum atomic E-state index is 13.0. The number of rotatable bonds is 7. The third-order valence-corrected chi connectivity index (χ3v) is 5.80. The first-order valence-electron chi connectivity index (χ1n) is 10.2. The number of aromatic amines is 1. The molecule has 3 aromatic rings. The predicted octanol–water partition coefficient (Wildman–Crippen LogP) is 3.64. The first-order valence-corrected chi connectivity index (χ1v) is 11.0. The van der Waals surface area contributed by atoms with Crippen LogP contribution in [0.1, 0.15) is 41.7 Å². The molecule has 0 bridgehead atoms. The first-order chi connectivity index (χ1) is 16.7. The van der Waals surface area contributed by atoms with E-state index in [2.05, 4.69) is 15.4 Å². The maximum absolute atomic E-state index is 13.0. The molecular weight excluding hydrogens is 511 g/mol. The number of carbonyl (C=O) groups excluding carboxylic acids is 1. The molecule has 0 aliphatic heterocycles. The molecule has 1 amide bonds. The lowest BCUT2D eigenvalue weighted by molar-refractivity contribution is 0.0913. The summed E-state index contributed by atoms with van der Waals surface area (Å²) >= 11 is 12.5. The first kappa shape index (κ1) is 24.6. The fraction of sp³-hybridized carbons (Fsp3) is 0.286. The summed E-state index contributed by atoms with van der Waals surface area (Å²) in [5, 5.41) is 6.06. The van der Waals surface area contributed by atoms with Crippen molar-refractivity contribution >= 4 is 29.1 Å². The van der Waals surface area contributed by atoms with Gasteiger partial charge in [0, 0.05) is 12.1 Å². The van der Waals surface area contributed by atoms with Crippen molar-refractivity contribution in [1.29, 1.82) is 0 Å². The molecule has 0 saturated heterocycles. The summed E-state index contributed by atoms with van der Waals surface area (Å²) in [4.78, 5) is 42.1. The molecule has 4 rings (SSSR count). The van der Waals surface area contributed by atoms with Gasteiger partial charge in [-0.3, -0.25) is 14.6 Å². The molecule has 1 aromatic carbocycles. The molecule has 2 aromatic heterocycles. The Balaban J connectivity index is 1.66. The Kier molecular flexibility index (Phi) is 7.03. The van der Waals surface area contributed by atoms with Gasteiger partial charge < -0.3 is 14.8 Å². The van der Waals surface area contributed by atoms with Gasteiger partial charge in [-0.2, -0.15) is 9.78 Å². The van der Waals surface area contributed by atoms with Crippen LogP contribution in [-0.2, 0) is 0 Å². The van der Waals surface area contributed by atoms with Crippen molar-refractivity contribution in [1.82, 2.24) is 25.1 Å². The van der Waals surface area contributed by atoms with E-state index in [1.54, 1.807) is 4.98 Å². The second-order valence-corrected chi connectivity index (χ2v) is 8.34. The quantitative estimate of drug-likeness (QED) is 0.479. The minimum absolute atomic E-state index is 0.0274. The van der Waals surface area contributed by atoms with Crippen LogP contribution in [-0.4, -0.2) is 38.8 Å². The Hall–Kier alpha value is -3.51. The molecule has 1 aliphatic carbocycles. The molecule has 1 fully saturated rings. The molecule has 0 atom stereocenters. The zero-order valence-electron chi connectivity index (χ0n) is 18.0. The van der Waals surface area contributed by atoms with Crippen LogP contribution in [0.4, 0.5) is 8.78 Å². The number of H-pyrrole nitrogens is 1. The smallest absolute Gasteiger partial charge is 0.349 e. The third-order valence-electron chi connectivity index (χ3n) is 5.24. The SMILES string of the molecule is COc1cnc(Oc2c(Cl)cc(-n3nc(C(F)F)c(=O)[nH]c3=O)cc2Cl)cc1C(=O)NC1CCC1. The van der Waals surface area contributed by atoms with Crippen LogP contribution in [0, 0.1) is 0 Å². The average Bonchev–Trinajstić information content (AvgIpc) is 2.78. The fourth-order valence-corrected chi connectivity index (χ4v) is 3.79. The van der Waals surface area contributed by atoms with Crippen molar-refractivity contribution in [3.63, 3.8) is 0 Å². The van der Waals surface area contributed by atoms with Crippen LogP contribution < -0.4 is 26.0 Å². The Bertz CT molecular complexity index is 1380. The van der Waals surface area contributed by atoms with Crippen LogP contribution >= 0.6 is 23.2 Å². The van der Waals surface area contributed by atoms with Gasteiger partial charge in [-0.25, -0.2) is 18.6 Å². The third kappa shape index (κ3) is 5.13. The normalized spacial score (nSPS) is 13.4. The molecule has 2 heterocycles. The molecule has 0 spiro atoms. The van der Waals surface area contributed by atoms with Gasteiger partial charge >= 0.3 is 5.69 Å². The molecule has 2 N–H and O–H groups in total. The van der Waals surface area contributed by atoms with Crippen LogP contribution in [0.2, 0.25) is 10.0 Å². The zero-order valence-corrected chi connectivity index (χ0v) is 19.5. The van der Waals surface area contributed by atoms with E-state index in [-0.39, 0.29) is 50.6 Å². The molecular formula is C21H17Cl2F2N5O5. The Morgan fingerprint density at radius 1 is 1.23 bits per heavy atom. The minimum Gasteiger partial charge on any atom is -0.494 e. The summed E-state index contributed by atoms with van der Waals surface area (Å²) in [5.41, 5.74) is -3.43. The zero-order chi connectivity index (χ0) is 25.3. The fourth-order valence-electron chi connectivity index (χ4n) is 3.24. The number of halogens is 4. The summed E-state index contributed by atoms with van der Waals surface area (Å²) < 4.78 is 37.5. The molecule has 1 saturated carbocycles. The maximum Gasteiger partial charge on any atom is 0.349 e. The highest BCUT2D eigenvalue weighted by molar-refractivity contribution is 6.37. The largest absolute Gasteiger partial charge is 0.494 e. The van der Waals surface area contributed by atoms with E-state index >= 15 is 0 Å². The van der Waals surface area contributed by atoms with Gasteiger partial charge in [0.05, 0.1) is 34.6 Å². The lowest BCUT2D eigenvalue weighted by atomic mass is 9.93. The number of alkyl halides is 2. The van der Waals surface area contributed by atoms with Crippen LogP contribution in [0.5, 0.6) is 17.4 Å². The van der Waals surface area contributed by atoms with Gasteiger partial charge in [0.1, 0.15) is 5.75 Å². The molecule has 35 heavy (non-hydrogen) atoms. The second-order valence-electron chi connectivity index (χ2n) is 7.52. The van der Waals surface area contributed by atoms with Crippen molar-refractivity contribution in [2.75, 3.05) is 7.11 Å². The van der Waals surface area contributed by atoms with Gasteiger partial charge in [0.15, 0.2) is 11.4 Å². The van der Waals surface area contributed by atoms with Crippen molar-refractivity contribution in [3.05, 3.63) is 66.5 Å². The minimum atomic E-state index is -3.21. The van der Waals surface area contributed by atoms with Gasteiger partial charge in [-0.05, 0) is 31.4 Å². The van der Waals surface area contributed by atoms with Crippen LogP contribution in [0.3, 0.4) is 0 Å². The highest BCUT2D eigenvalue weighted by atomic mass is 35.5. The molecule has 14 heteroatoms. The van der Waals surface area contributed by atoms with Gasteiger partial charge in [-0.15, -0.1) is 0 Å². The highest BCUT2D eigenvalue weighted by Gasteiger charge is 2.24. The highest BCUT2D eigenvalue weighted by Crippen LogP contribution is 2.38. The van der Waals surface area contributed by atoms with E-state index in [1.807, 2.05) is 0 Å². The number of ether oxygens (including phenoxy) is 2. The Morgan fingerprint density at radius 3 is 2.49 bits per heavy atom. The Morgan fingerprint density at radius 2 is 1.91 bits per heavy atom. The number of methoxy groups -OCH3 is 1. The van der Waals surface area contributed by atoms with Crippen molar-refractivity contribution in [2.24, 2.45) is 0 Å². The second kappa shape index (κ2) is 10.0. The summed E-state index contributed by atoms with van der Waals surface area (Å²) in [6.07, 6.45) is 0.926. The van der Waals surface area contributed by atoms with E-state index in [9.17, 15) is 23.2 Å². The topological polar surface area (TPSA) is 128 Å². The summed E-state index contributed by atoms with van der Waals surface area (Å²) in [5.74, 6) is -0.225. The summed E-state index contributed by atoms with van der Waals surface area (Å²) in [6, 6.07) is 3.81. The number of benzene rings is 1. The van der Waals surface area contributed by atoms with Crippen LogP contribution in [0.25, 0.3) is 5.69 Å². The van der Waals surface area contributed by atoms with Crippen LogP contribution in [0.15, 0.2) is 34.0 Å². The van der Waals surface area contributed by atoms with Crippen molar-refractivity contribution in [2.45, 2.75) is 31.7 Å². The molecule has 10 nitrogen and oxygen atoms in total. The van der Waals surface area contributed by atoms with E-state index in [1.165, 1.54) is 31.5 Å². The molecule has 184 valence electrons. The predicted molar refractivity (Wildman–Crippen MR) is 121 cm³/mol. The summed E-state index contributed by atoms with van der Waals surface area (Å²) in [7, 11) is 1.40. The number of hydrogen-bond donors (Lipinski definition) is 2. The summed E-state index contributed by atoms with van der Waals surface area (Å²) in [6.45, 7) is 0. The lowest BCUT2D eigenvalue weighted by Crippen LogP contribution is -2.39. The number of nitrogens with zero attached hydrogens (tertiary/aromatic N) is 3. The molecule has 0 unspecified atom stereocenters. The lowest BCUT2D eigenvalue weighted by Gasteiger charge is -2.26. The molecule has 1 aliphatic rings. The van der Waals surface area contributed by atoms with E-state index in [0.717, 1.165) is 19.3 Å². The van der Waals surface area contributed by atoms with Crippen molar-refractivity contribution in [3.8, 4) is 23.1 Å². The standard InChI is InChI=1S/C21H17Cl2F2N5O5/c1-34-14-8-26-15(7-11(14)19(31)27-9-3-2-4-9)35-17-12(22)5-10(6-13(17)23)30-21(33)28-20(32)16(29-30)18(24)25/h5-9,18H,2-4H2,1H3,(H,27,31)(H,28,32,33). The Labute approximate surface area is 205 Å². The van der Waals surface area contributed by atoms with Gasteiger partial charge in [-0.1, -0.05) is 23.2 Å². The number of amides is 1. The number of hydrogen-bond acceptors (Lipinski definition) is 7. The number of pyridine rings is 1. The monoisotopic (exact) mass is 527 g/mol. The van der Waals surface area contributed by atoms with Crippen molar-refractivity contribution < 1.29 is 23.0 Å². The van der Waals surface area contributed by atoms with Gasteiger partial charge in [0.2, 0.25) is 5.88 Å².